The Kier molecular flexibility index (Phi) is 32.6. The van der Waals surface area contributed by atoms with Crippen LogP contribution in [0.2, 0.25) is 0 Å². The Bertz CT molecular complexity index is 4760. The molecule has 0 fully saturated rings. The van der Waals surface area contributed by atoms with Gasteiger partial charge in [-0.3, -0.25) is 15.0 Å². The van der Waals surface area contributed by atoms with Crippen molar-refractivity contribution in [3.05, 3.63) is 295 Å². The second-order valence-electron chi connectivity index (χ2n) is 19.9. The number of hydrogen-bond donors (Lipinski definition) is 0. The van der Waals surface area contributed by atoms with Gasteiger partial charge in [-0.15, -0.1) is 45.3 Å². The number of thiophene rings is 4. The van der Waals surface area contributed by atoms with Crippen LogP contribution >= 0.6 is 45.3 Å². The van der Waals surface area contributed by atoms with Crippen LogP contribution in [-0.4, -0.2) is 35.2 Å². The normalized spacial score (nSPS) is 9.85. The fourth-order valence-electron chi connectivity index (χ4n) is 9.40. The van der Waals surface area contributed by atoms with E-state index in [2.05, 4.69) is 27.9 Å². The van der Waals surface area contributed by atoms with Crippen molar-refractivity contribution in [1.29, 1.82) is 0 Å². The molecule has 0 radical (unpaired) electrons. The van der Waals surface area contributed by atoms with Crippen molar-refractivity contribution in [2.24, 2.45) is 0 Å². The second-order valence-corrected chi connectivity index (χ2v) is 24.1. The van der Waals surface area contributed by atoms with E-state index in [0.29, 0.717) is 50.9 Å². The average molecular weight is 1560 g/mol. The van der Waals surface area contributed by atoms with Crippen molar-refractivity contribution < 1.29 is 122 Å². The molecular formula is C76H51Be2N3O9S4Zn4+6. The molecule has 98 heavy (non-hydrogen) atoms. The van der Waals surface area contributed by atoms with Crippen molar-refractivity contribution in [1.82, 2.24) is 15.0 Å². The molecule has 6 aromatic carbocycles. The summed E-state index contributed by atoms with van der Waals surface area (Å²) in [6, 6.07) is 76.5. The standard InChI is InChI=1S/C15H11NO2.C15H12OS2.2C14H10O2.2C9H7NOS.2Be.4Zn/c17-13-7-2-1-5-11(13)14-8-9-15(18-14)12-6-3-4-10-16-12;1-10-7-8-13(17-10)15-12(16)9-14(18-15)11-5-3-2-4-6-11;2*15-14-11-5-2-1-4-10(11)7-8-12(14)13-6-3-9-16-13;2*11-9-7(3-1-5-10-9)8-4-2-6-12-8;;;;;;/h1-10,17H;2-9,16H,1H3;2*1-9,15H;2*1-6H,(H,10,11);;;;;;/q;;;;;;6*+2/p-6. The molecule has 16 rings (SSSR count). The zero-order chi connectivity index (χ0) is 63.6. The summed E-state index contributed by atoms with van der Waals surface area (Å²) in [6.45, 7) is 2.06. The molecule has 0 unspecified atom stereocenters. The molecule has 22 heteroatoms. The number of aromatic nitrogens is 3. The van der Waals surface area contributed by atoms with Crippen LogP contribution in [0.4, 0.5) is 0 Å². The summed E-state index contributed by atoms with van der Waals surface area (Å²) in [5, 5.41) is 77.8. The molecule has 0 aliphatic rings. The summed E-state index contributed by atoms with van der Waals surface area (Å²) in [5.74, 6) is 2.29. The molecule has 0 amide bonds. The van der Waals surface area contributed by atoms with Crippen molar-refractivity contribution in [3.8, 4) is 121 Å². The van der Waals surface area contributed by atoms with Crippen LogP contribution in [0.1, 0.15) is 4.88 Å². The maximum Gasteiger partial charge on any atom is 2.00 e. The zero-order valence-corrected chi connectivity index (χ0v) is 68.2. The molecule has 16 aromatic rings. The quantitative estimate of drug-likeness (QED) is 0.130. The predicted octanol–water partition coefficient (Wildman–Crippen LogP) is 17.0. The molecular weight excluding hydrogens is 1510 g/mol. The smallest absolute Gasteiger partial charge is 0.872 e. The average Bonchev–Trinajstić information content (AvgIpc) is 0.938. The van der Waals surface area contributed by atoms with E-state index in [1.165, 1.54) is 23.3 Å². The topological polar surface area (TPSA) is 216 Å². The summed E-state index contributed by atoms with van der Waals surface area (Å²) in [6.07, 6.45) is 7.88. The molecule has 10 heterocycles. The third kappa shape index (κ3) is 20.6. The molecule has 12 nitrogen and oxygen atoms in total. The summed E-state index contributed by atoms with van der Waals surface area (Å²) in [5.41, 5.74) is 5.04. The van der Waals surface area contributed by atoms with Gasteiger partial charge in [0.15, 0.2) is 5.76 Å². The number of hydrogen-bond acceptors (Lipinski definition) is 16. The Hall–Kier alpha value is -8.44. The van der Waals surface area contributed by atoms with E-state index in [1.807, 2.05) is 175 Å². The van der Waals surface area contributed by atoms with E-state index < -0.39 is 0 Å². The van der Waals surface area contributed by atoms with Gasteiger partial charge in [0.2, 0.25) is 0 Å². The van der Waals surface area contributed by atoms with Crippen LogP contribution in [0.25, 0.3) is 108 Å². The van der Waals surface area contributed by atoms with Crippen LogP contribution in [0.3, 0.4) is 0 Å². The molecule has 10 aromatic heterocycles. The molecule has 0 N–H and O–H groups in total. The Morgan fingerprint density at radius 2 is 0.847 bits per heavy atom. The van der Waals surface area contributed by atoms with Gasteiger partial charge in [-0.05, 0) is 141 Å². The Morgan fingerprint density at radius 1 is 0.347 bits per heavy atom. The summed E-state index contributed by atoms with van der Waals surface area (Å²) in [7, 11) is 0. The maximum atomic E-state index is 12.2. The summed E-state index contributed by atoms with van der Waals surface area (Å²) in [4.78, 5) is 17.7. The number of furan rings is 3. The minimum Gasteiger partial charge on any atom is -0.872 e. The predicted molar refractivity (Wildman–Crippen MR) is 372 cm³/mol. The Labute approximate surface area is 641 Å². The minimum absolute atomic E-state index is 0. The van der Waals surface area contributed by atoms with Crippen LogP contribution in [0.15, 0.2) is 304 Å². The van der Waals surface area contributed by atoms with Crippen LogP contribution in [-0.2, 0) is 77.9 Å². The van der Waals surface area contributed by atoms with Crippen LogP contribution < -0.4 is 30.6 Å². The molecule has 0 bridgehead atoms. The fourth-order valence-corrected chi connectivity index (χ4v) is 12.9. The number of pyridine rings is 3. The van der Waals surface area contributed by atoms with Gasteiger partial charge in [-0.25, -0.2) is 0 Å². The van der Waals surface area contributed by atoms with E-state index >= 15 is 0 Å². The monoisotopic (exact) mass is 1550 g/mol. The SMILES string of the molecule is Cc1ccc(-c2sc(-c3ccccc3)cc2[O-])s1.[Be+2].[Be+2].[O-]c1c(-c2ccco2)ccc2ccccc12.[O-]c1c(-c2ccco2)ccc2ccccc12.[O-]c1ccccc1-c1ccc(-c2ccccn2)o1.[O-]c1ncccc1-c1cccs1.[O-]c1ncccc1-c1cccs1.[Zn+2].[Zn+2].[Zn+2].[Zn+2]. The van der Waals surface area contributed by atoms with Gasteiger partial charge in [0.25, 0.3) is 0 Å². The van der Waals surface area contributed by atoms with Gasteiger partial charge in [0, 0.05) is 75.7 Å². The third-order valence-corrected chi connectivity index (χ3v) is 18.0. The fraction of sp³-hybridized carbons (Fsp3) is 0.0132. The second kappa shape index (κ2) is 39.8. The van der Waals surface area contributed by atoms with E-state index in [9.17, 15) is 30.6 Å². The number of para-hydroxylation sites is 1. The van der Waals surface area contributed by atoms with Crippen LogP contribution in [0.5, 0.6) is 34.8 Å². The minimum atomic E-state index is -0.153. The Morgan fingerprint density at radius 3 is 1.33 bits per heavy atom. The summed E-state index contributed by atoms with van der Waals surface area (Å²) < 4.78 is 16.2. The Balaban J connectivity index is 0.000000211. The third-order valence-electron chi connectivity index (χ3n) is 13.8. The van der Waals surface area contributed by atoms with Gasteiger partial charge < -0.3 is 43.9 Å². The summed E-state index contributed by atoms with van der Waals surface area (Å²) >= 11 is 6.35. The van der Waals surface area contributed by atoms with Gasteiger partial charge >= 0.3 is 98.2 Å². The van der Waals surface area contributed by atoms with Gasteiger partial charge in [0.05, 0.1) is 12.5 Å². The number of fused-ring (bicyclic) bond motifs is 2. The van der Waals surface area contributed by atoms with E-state index in [0.717, 1.165) is 57.2 Å². The van der Waals surface area contributed by atoms with Crippen LogP contribution in [0, 0.1) is 6.92 Å². The number of rotatable bonds is 8. The first-order valence-corrected chi connectivity index (χ1v) is 31.9. The number of benzene rings is 6. The van der Waals surface area contributed by atoms with Crippen molar-refractivity contribution in [3.63, 3.8) is 0 Å². The molecule has 0 aliphatic heterocycles. The molecule has 0 atom stereocenters. The molecule has 0 saturated heterocycles. The largest absolute Gasteiger partial charge is 2.00 e. The van der Waals surface area contributed by atoms with Crippen molar-refractivity contribution in [2.75, 3.05) is 0 Å². The van der Waals surface area contributed by atoms with E-state index in [-0.39, 0.29) is 133 Å². The molecule has 0 saturated carbocycles. The van der Waals surface area contributed by atoms with Crippen molar-refractivity contribution in [2.45, 2.75) is 6.92 Å². The number of nitrogens with zero attached hydrogens (tertiary/aromatic N) is 3. The van der Waals surface area contributed by atoms with Gasteiger partial charge in [-0.2, -0.15) is 0 Å². The zero-order valence-electron chi connectivity index (χ0n) is 53.1. The first-order valence-electron chi connectivity index (χ1n) is 28.5. The number of aryl methyl sites for hydroxylation is 1. The van der Waals surface area contributed by atoms with E-state index in [4.69, 9.17) is 13.3 Å². The molecule has 0 aliphatic carbocycles. The first-order chi connectivity index (χ1) is 45.1. The molecule has 0 spiro atoms. The molecule has 454 valence electrons. The van der Waals surface area contributed by atoms with Crippen molar-refractivity contribution >= 4 is 87.1 Å². The van der Waals surface area contributed by atoms with Gasteiger partial charge in [0.1, 0.15) is 23.0 Å². The van der Waals surface area contributed by atoms with E-state index in [1.54, 1.807) is 137 Å². The van der Waals surface area contributed by atoms with Gasteiger partial charge in [-0.1, -0.05) is 187 Å². The maximum absolute atomic E-state index is 12.2. The first kappa shape index (κ1) is 80.2.